The molecule has 3 heterocycles. The summed E-state index contributed by atoms with van der Waals surface area (Å²) in [6.45, 7) is 4.96. The summed E-state index contributed by atoms with van der Waals surface area (Å²) in [7, 11) is 0. The number of carbonyl (C=O) groups is 2. The summed E-state index contributed by atoms with van der Waals surface area (Å²) in [6.07, 6.45) is 0.869. The molecule has 33 heavy (non-hydrogen) atoms. The van der Waals surface area contributed by atoms with Gasteiger partial charge in [0.25, 0.3) is 5.91 Å². The molecular formula is C25H27N5O3. The van der Waals surface area contributed by atoms with Crippen LogP contribution in [0.1, 0.15) is 47.6 Å². The van der Waals surface area contributed by atoms with Crippen LogP contribution in [-0.2, 0) is 4.74 Å². The lowest BCUT2D eigenvalue weighted by Gasteiger charge is -2.37. The van der Waals surface area contributed by atoms with Crippen LogP contribution >= 0.6 is 0 Å². The number of aryl methyl sites for hydroxylation is 1. The summed E-state index contributed by atoms with van der Waals surface area (Å²) >= 11 is 0. The van der Waals surface area contributed by atoms with E-state index in [9.17, 15) is 9.59 Å². The first-order chi connectivity index (χ1) is 16.0. The molecule has 8 nitrogen and oxygen atoms in total. The van der Waals surface area contributed by atoms with E-state index < -0.39 is 0 Å². The van der Waals surface area contributed by atoms with Gasteiger partial charge in [-0.25, -0.2) is 4.79 Å². The predicted molar refractivity (Wildman–Crippen MR) is 122 cm³/mol. The van der Waals surface area contributed by atoms with Crippen molar-refractivity contribution >= 4 is 12.0 Å². The van der Waals surface area contributed by atoms with Crippen molar-refractivity contribution in [3.8, 4) is 5.69 Å². The van der Waals surface area contributed by atoms with Crippen molar-refractivity contribution in [1.29, 1.82) is 0 Å². The van der Waals surface area contributed by atoms with E-state index in [1.54, 1.807) is 6.92 Å². The van der Waals surface area contributed by atoms with Gasteiger partial charge in [0.1, 0.15) is 6.10 Å². The number of cyclic esters (lactones) is 1. The summed E-state index contributed by atoms with van der Waals surface area (Å²) in [5.74, 6) is -0.118. The minimum absolute atomic E-state index is 0.0476. The van der Waals surface area contributed by atoms with Gasteiger partial charge in [0.05, 0.1) is 17.4 Å². The number of carbonyl (C=O) groups excluding carboxylic acids is 2. The first-order valence-electron chi connectivity index (χ1n) is 11.4. The van der Waals surface area contributed by atoms with Gasteiger partial charge in [0.2, 0.25) is 0 Å². The molecule has 2 amide bonds. The van der Waals surface area contributed by atoms with Gasteiger partial charge in [0, 0.05) is 19.1 Å². The molecule has 0 radical (unpaired) electrons. The maximum Gasteiger partial charge on any atom is 0.411 e. The third-order valence-corrected chi connectivity index (χ3v) is 6.56. The van der Waals surface area contributed by atoms with Crippen LogP contribution in [0.15, 0.2) is 60.7 Å². The molecule has 2 aliphatic heterocycles. The second-order valence-corrected chi connectivity index (χ2v) is 8.65. The Hall–Kier alpha value is -3.68. The van der Waals surface area contributed by atoms with Crippen LogP contribution in [0.2, 0.25) is 0 Å². The topological polar surface area (TPSA) is 80.6 Å². The third-order valence-electron chi connectivity index (χ3n) is 6.56. The van der Waals surface area contributed by atoms with E-state index in [0.29, 0.717) is 37.3 Å². The molecular weight excluding hydrogens is 418 g/mol. The highest BCUT2D eigenvalue weighted by atomic mass is 16.6. The number of amides is 2. The van der Waals surface area contributed by atoms with Crippen LogP contribution in [-0.4, -0.2) is 62.0 Å². The van der Waals surface area contributed by atoms with Gasteiger partial charge in [-0.2, -0.15) is 9.90 Å². The van der Waals surface area contributed by atoms with Crippen molar-refractivity contribution in [3.05, 3.63) is 77.6 Å². The molecule has 0 spiro atoms. The number of nitrogens with zero attached hydrogens (tertiary/aromatic N) is 5. The van der Waals surface area contributed by atoms with Crippen LogP contribution < -0.4 is 0 Å². The van der Waals surface area contributed by atoms with Crippen LogP contribution in [0.25, 0.3) is 5.69 Å². The van der Waals surface area contributed by atoms with E-state index >= 15 is 0 Å². The van der Waals surface area contributed by atoms with Crippen molar-refractivity contribution in [1.82, 2.24) is 24.8 Å². The number of rotatable bonds is 4. The molecule has 5 rings (SSSR count). The number of benzene rings is 2. The Morgan fingerprint density at radius 3 is 2.27 bits per heavy atom. The quantitative estimate of drug-likeness (QED) is 0.611. The summed E-state index contributed by atoms with van der Waals surface area (Å²) in [4.78, 5) is 31.0. The molecule has 0 aliphatic carbocycles. The Morgan fingerprint density at radius 2 is 1.61 bits per heavy atom. The lowest BCUT2D eigenvalue weighted by Crippen LogP contribution is -2.49. The number of likely N-dealkylation sites (tertiary alicyclic amines) is 1. The molecule has 0 N–H and O–H groups in total. The summed E-state index contributed by atoms with van der Waals surface area (Å²) < 4.78 is 5.72. The van der Waals surface area contributed by atoms with Crippen LogP contribution in [0.3, 0.4) is 0 Å². The van der Waals surface area contributed by atoms with Gasteiger partial charge < -0.3 is 9.64 Å². The maximum absolute atomic E-state index is 13.2. The standard InChI is InChI=1S/C25H27N5O3/c1-17-22(27-30(26-17)21-11-7-4-8-12-21)24(31)28-15-13-20(14-16-28)29-18(2)23(33-25(29)32)19-9-5-3-6-10-19/h3-12,18,20,23H,13-16H2,1-2H3/t18-,23-/m1/s1. The highest BCUT2D eigenvalue weighted by molar-refractivity contribution is 5.93. The van der Waals surface area contributed by atoms with Gasteiger partial charge >= 0.3 is 6.09 Å². The monoisotopic (exact) mass is 445 g/mol. The van der Waals surface area contributed by atoms with E-state index in [2.05, 4.69) is 10.2 Å². The Bertz CT molecular complexity index is 1140. The molecule has 3 aromatic rings. The number of para-hydroxylation sites is 1. The fourth-order valence-corrected chi connectivity index (χ4v) is 4.80. The number of aromatic nitrogens is 3. The first kappa shape index (κ1) is 21.2. The fourth-order valence-electron chi connectivity index (χ4n) is 4.80. The minimum atomic E-state index is -0.275. The van der Waals surface area contributed by atoms with E-state index in [-0.39, 0.29) is 30.2 Å². The SMILES string of the molecule is Cc1nn(-c2ccccc2)nc1C(=O)N1CCC(N2C(=O)O[C@@H](c3ccccc3)[C@H]2C)CC1. The Kier molecular flexibility index (Phi) is 5.58. The number of ether oxygens (including phenoxy) is 1. The zero-order valence-corrected chi connectivity index (χ0v) is 18.8. The summed E-state index contributed by atoms with van der Waals surface area (Å²) in [5, 5.41) is 8.87. The van der Waals surface area contributed by atoms with Crippen molar-refractivity contribution in [2.75, 3.05) is 13.1 Å². The van der Waals surface area contributed by atoms with Gasteiger partial charge in [-0.3, -0.25) is 9.69 Å². The molecule has 2 atom stereocenters. The van der Waals surface area contributed by atoms with Crippen LogP contribution in [0.4, 0.5) is 4.79 Å². The smallest absolute Gasteiger partial charge is 0.411 e. The molecule has 0 unspecified atom stereocenters. The second kappa shape index (κ2) is 8.69. The molecule has 2 fully saturated rings. The average molecular weight is 446 g/mol. The molecule has 0 saturated carbocycles. The highest BCUT2D eigenvalue weighted by Gasteiger charge is 2.44. The van der Waals surface area contributed by atoms with Gasteiger partial charge in [-0.15, -0.1) is 5.10 Å². The second-order valence-electron chi connectivity index (χ2n) is 8.65. The van der Waals surface area contributed by atoms with Gasteiger partial charge in [-0.1, -0.05) is 48.5 Å². The Labute approximate surface area is 192 Å². The fraction of sp³-hybridized carbons (Fsp3) is 0.360. The van der Waals surface area contributed by atoms with E-state index in [1.807, 2.05) is 77.4 Å². The Balaban J connectivity index is 1.25. The first-order valence-corrected chi connectivity index (χ1v) is 11.4. The van der Waals surface area contributed by atoms with Gasteiger partial charge in [0.15, 0.2) is 5.69 Å². The normalized spacial score (nSPS) is 21.3. The lowest BCUT2D eigenvalue weighted by atomic mass is 9.98. The molecule has 1 aromatic heterocycles. The molecule has 2 saturated heterocycles. The van der Waals surface area contributed by atoms with Gasteiger partial charge in [-0.05, 0) is 44.4 Å². The van der Waals surface area contributed by atoms with Crippen molar-refractivity contribution in [2.24, 2.45) is 0 Å². The van der Waals surface area contributed by atoms with Crippen LogP contribution in [0, 0.1) is 6.92 Å². The number of hydrogen-bond acceptors (Lipinski definition) is 5. The zero-order valence-electron chi connectivity index (χ0n) is 18.8. The average Bonchev–Trinajstić information content (AvgIpc) is 3.39. The van der Waals surface area contributed by atoms with E-state index in [4.69, 9.17) is 4.74 Å². The minimum Gasteiger partial charge on any atom is -0.439 e. The van der Waals surface area contributed by atoms with Crippen LogP contribution in [0.5, 0.6) is 0 Å². The Morgan fingerprint density at radius 1 is 0.970 bits per heavy atom. The zero-order chi connectivity index (χ0) is 22.9. The largest absolute Gasteiger partial charge is 0.439 e. The predicted octanol–water partition coefficient (Wildman–Crippen LogP) is 3.76. The lowest BCUT2D eigenvalue weighted by molar-refractivity contribution is 0.0634. The molecule has 0 bridgehead atoms. The highest BCUT2D eigenvalue weighted by Crippen LogP contribution is 2.35. The van der Waals surface area contributed by atoms with E-state index in [1.165, 1.54) is 4.80 Å². The number of piperidine rings is 1. The summed E-state index contributed by atoms with van der Waals surface area (Å²) in [5.41, 5.74) is 2.79. The number of hydrogen-bond donors (Lipinski definition) is 0. The summed E-state index contributed by atoms with van der Waals surface area (Å²) in [6, 6.07) is 19.4. The third kappa shape index (κ3) is 3.97. The molecule has 2 aliphatic rings. The van der Waals surface area contributed by atoms with Crippen molar-refractivity contribution in [2.45, 2.75) is 44.9 Å². The molecule has 2 aromatic carbocycles. The van der Waals surface area contributed by atoms with Crippen molar-refractivity contribution < 1.29 is 14.3 Å². The van der Waals surface area contributed by atoms with Crippen molar-refractivity contribution in [3.63, 3.8) is 0 Å². The van der Waals surface area contributed by atoms with E-state index in [0.717, 1.165) is 11.3 Å². The molecule has 8 heteroatoms. The molecule has 170 valence electrons. The maximum atomic E-state index is 13.2.